The first-order chi connectivity index (χ1) is 14.5. The summed E-state index contributed by atoms with van der Waals surface area (Å²) in [4.78, 5) is 4.52. The minimum atomic E-state index is -0.835. The molecule has 0 aromatic heterocycles. The van der Waals surface area contributed by atoms with Gasteiger partial charge in [-0.1, -0.05) is 99.2 Å². The van der Waals surface area contributed by atoms with Crippen LogP contribution in [0.2, 0.25) is 5.82 Å². The predicted molar refractivity (Wildman–Crippen MR) is 135 cm³/mol. The van der Waals surface area contributed by atoms with Crippen molar-refractivity contribution in [2.75, 3.05) is 0 Å². The molecule has 0 aromatic rings. The van der Waals surface area contributed by atoms with E-state index in [4.69, 9.17) is 13.7 Å². The fourth-order valence-electron chi connectivity index (χ4n) is 6.02. The van der Waals surface area contributed by atoms with Crippen molar-refractivity contribution in [1.82, 2.24) is 0 Å². The van der Waals surface area contributed by atoms with E-state index < -0.39 is 6.29 Å². The normalized spacial score (nSPS) is 28.8. The van der Waals surface area contributed by atoms with E-state index in [1.807, 2.05) is 0 Å². The van der Waals surface area contributed by atoms with E-state index in [0.29, 0.717) is 29.5 Å². The molecule has 0 bridgehead atoms. The molecule has 0 amide bonds. The van der Waals surface area contributed by atoms with Crippen LogP contribution in [0.1, 0.15) is 119 Å². The summed E-state index contributed by atoms with van der Waals surface area (Å²) in [6, 6.07) is 0. The maximum atomic E-state index is 9.58. The second kappa shape index (κ2) is 14.3. The molecule has 4 heteroatoms. The van der Waals surface area contributed by atoms with Gasteiger partial charge in [0, 0.05) is 6.42 Å². The molecule has 2 radical (unpaired) electrons. The molecule has 1 aliphatic carbocycles. The zero-order valence-corrected chi connectivity index (χ0v) is 21.9. The van der Waals surface area contributed by atoms with Gasteiger partial charge >= 0.3 is 0 Å². The Kier molecular flexibility index (Phi) is 13.3. The molecule has 3 N–H and O–H groups in total. The van der Waals surface area contributed by atoms with Gasteiger partial charge in [0.2, 0.25) is 0 Å². The van der Waals surface area contributed by atoms with Gasteiger partial charge in [-0.2, -0.15) is 0 Å². The second-order valence-electron chi connectivity index (χ2n) is 11.8. The van der Waals surface area contributed by atoms with Gasteiger partial charge in [0.05, 0.1) is 7.85 Å². The minimum Gasteiger partial charge on any atom is -0.366 e. The van der Waals surface area contributed by atoms with Crippen molar-refractivity contribution in [2.24, 2.45) is 46.8 Å². The first kappa shape index (κ1) is 29.0. The highest BCUT2D eigenvalue weighted by molar-refractivity contribution is 6.11. The fourth-order valence-corrected chi connectivity index (χ4v) is 6.02. The fraction of sp³-hybridized carbons (Fsp3) is 1.00. The molecule has 1 rings (SSSR count). The standard InChI is InChI=1S/C27H54BNO2/c1-8-10-24-22(13-11-20(4)21(5)12-14-26(30)31-29)17-23(28)18-25(24)27(6,7)16-15-19(3)9-2/h19-26,30H,8-18,29H2,1-7H3/t19-,20?,21?,22?,23+,24?,25?,26?/m0/s1. The molecule has 0 saturated heterocycles. The summed E-state index contributed by atoms with van der Waals surface area (Å²) >= 11 is 0. The van der Waals surface area contributed by atoms with Crippen molar-refractivity contribution in [3.63, 3.8) is 0 Å². The first-order valence-corrected chi connectivity index (χ1v) is 13.3. The molecule has 182 valence electrons. The number of aliphatic hydroxyl groups is 1. The van der Waals surface area contributed by atoms with Gasteiger partial charge in [0.25, 0.3) is 0 Å². The van der Waals surface area contributed by atoms with Crippen LogP contribution in [0.4, 0.5) is 0 Å². The first-order valence-electron chi connectivity index (χ1n) is 13.3. The maximum Gasteiger partial charge on any atom is 0.174 e. The van der Waals surface area contributed by atoms with Crippen LogP contribution in [0.3, 0.4) is 0 Å². The lowest BCUT2D eigenvalue weighted by Gasteiger charge is -2.49. The molecular weight excluding hydrogens is 381 g/mol. The number of hydrogen-bond donors (Lipinski definition) is 2. The Labute approximate surface area is 196 Å². The summed E-state index contributed by atoms with van der Waals surface area (Å²) < 4.78 is 0. The number of rotatable bonds is 15. The zero-order chi connectivity index (χ0) is 23.6. The van der Waals surface area contributed by atoms with Crippen LogP contribution in [0.25, 0.3) is 0 Å². The third-order valence-corrected chi connectivity index (χ3v) is 8.88. The minimum absolute atomic E-state index is 0.357. The molecule has 0 spiro atoms. The average molecular weight is 436 g/mol. The maximum absolute atomic E-state index is 9.58. The van der Waals surface area contributed by atoms with Gasteiger partial charge < -0.3 is 5.11 Å². The van der Waals surface area contributed by atoms with Crippen LogP contribution in [0.15, 0.2) is 0 Å². The van der Waals surface area contributed by atoms with E-state index in [1.54, 1.807) is 0 Å². The summed E-state index contributed by atoms with van der Waals surface area (Å²) in [5, 5.41) is 9.58. The highest BCUT2D eigenvalue weighted by Gasteiger charge is 2.42. The summed E-state index contributed by atoms with van der Waals surface area (Å²) in [6.07, 6.45) is 12.2. The van der Waals surface area contributed by atoms with Crippen molar-refractivity contribution in [3.05, 3.63) is 0 Å². The van der Waals surface area contributed by atoms with Crippen LogP contribution in [0.5, 0.6) is 0 Å². The van der Waals surface area contributed by atoms with Crippen molar-refractivity contribution in [1.29, 1.82) is 0 Å². The van der Waals surface area contributed by atoms with Crippen LogP contribution in [-0.2, 0) is 4.84 Å². The predicted octanol–water partition coefficient (Wildman–Crippen LogP) is 7.28. The van der Waals surface area contributed by atoms with Crippen molar-refractivity contribution < 1.29 is 9.94 Å². The highest BCUT2D eigenvalue weighted by Crippen LogP contribution is 2.53. The van der Waals surface area contributed by atoms with Crippen LogP contribution in [0, 0.1) is 40.9 Å². The van der Waals surface area contributed by atoms with Gasteiger partial charge in [-0.15, -0.1) is 0 Å². The SMILES string of the molecule is [B][C@@H]1CC(CCC(C)C(C)CCC(O)ON)C(CCC)C(C(C)(C)CC[C@@H](C)CC)C1. The molecule has 8 atom stereocenters. The van der Waals surface area contributed by atoms with Gasteiger partial charge in [-0.3, -0.25) is 4.84 Å². The Morgan fingerprint density at radius 2 is 1.65 bits per heavy atom. The summed E-state index contributed by atoms with van der Waals surface area (Å²) in [6.45, 7) is 16.8. The zero-order valence-electron chi connectivity index (χ0n) is 21.9. The van der Waals surface area contributed by atoms with Gasteiger partial charge in [0.1, 0.15) is 0 Å². The molecule has 0 aliphatic heterocycles. The van der Waals surface area contributed by atoms with Crippen LogP contribution < -0.4 is 5.90 Å². The lowest BCUT2D eigenvalue weighted by atomic mass is 9.53. The molecule has 3 nitrogen and oxygen atoms in total. The number of nitrogens with two attached hydrogens (primary N) is 1. The Bertz CT molecular complexity index is 472. The van der Waals surface area contributed by atoms with E-state index in [1.165, 1.54) is 57.8 Å². The molecule has 0 aromatic carbocycles. The Hall–Kier alpha value is -0.0551. The molecule has 1 saturated carbocycles. The van der Waals surface area contributed by atoms with E-state index in [2.05, 4.69) is 53.3 Å². The topological polar surface area (TPSA) is 55.5 Å². The van der Waals surface area contributed by atoms with Crippen LogP contribution >= 0.6 is 0 Å². The van der Waals surface area contributed by atoms with Crippen molar-refractivity contribution in [2.45, 2.75) is 131 Å². The molecule has 31 heavy (non-hydrogen) atoms. The van der Waals surface area contributed by atoms with Crippen molar-refractivity contribution in [3.8, 4) is 0 Å². The monoisotopic (exact) mass is 435 g/mol. The molecule has 1 fully saturated rings. The summed E-state index contributed by atoms with van der Waals surface area (Å²) in [5.41, 5.74) is 0.372. The largest absolute Gasteiger partial charge is 0.366 e. The lowest BCUT2D eigenvalue weighted by molar-refractivity contribution is -0.109. The average Bonchev–Trinajstić information content (AvgIpc) is 2.74. The molecular formula is C27H54BNO2. The Morgan fingerprint density at radius 1 is 1.00 bits per heavy atom. The number of hydrogen-bond acceptors (Lipinski definition) is 3. The lowest BCUT2D eigenvalue weighted by Crippen LogP contribution is -2.40. The smallest absolute Gasteiger partial charge is 0.174 e. The van der Waals surface area contributed by atoms with E-state index in [-0.39, 0.29) is 0 Å². The highest BCUT2D eigenvalue weighted by atomic mass is 16.7. The van der Waals surface area contributed by atoms with Gasteiger partial charge in [0.15, 0.2) is 6.29 Å². The van der Waals surface area contributed by atoms with Crippen LogP contribution in [-0.4, -0.2) is 19.2 Å². The molecule has 0 heterocycles. The van der Waals surface area contributed by atoms with Gasteiger partial charge in [-0.25, -0.2) is 5.90 Å². The molecule has 1 aliphatic rings. The van der Waals surface area contributed by atoms with Gasteiger partial charge in [-0.05, 0) is 60.2 Å². The van der Waals surface area contributed by atoms with E-state index >= 15 is 0 Å². The number of aliphatic hydroxyl groups excluding tert-OH is 1. The Balaban J connectivity index is 2.77. The van der Waals surface area contributed by atoms with E-state index in [9.17, 15) is 5.11 Å². The summed E-state index contributed by atoms with van der Waals surface area (Å²) in [5.74, 6) is 9.77. The third kappa shape index (κ3) is 9.76. The summed E-state index contributed by atoms with van der Waals surface area (Å²) in [7, 11) is 6.66. The van der Waals surface area contributed by atoms with Crippen molar-refractivity contribution >= 4 is 7.85 Å². The molecule has 6 unspecified atom stereocenters. The second-order valence-corrected chi connectivity index (χ2v) is 11.8. The quantitative estimate of drug-likeness (QED) is 0.161. The third-order valence-electron chi connectivity index (χ3n) is 8.88. The van der Waals surface area contributed by atoms with E-state index in [0.717, 1.165) is 30.1 Å². The Morgan fingerprint density at radius 3 is 2.23 bits per heavy atom.